The Balaban J connectivity index is 0.000000363. The van der Waals surface area contributed by atoms with Crippen molar-refractivity contribution in [3.05, 3.63) is 107 Å². The van der Waals surface area contributed by atoms with Crippen LogP contribution in [0.25, 0.3) is 0 Å². The van der Waals surface area contributed by atoms with Crippen LogP contribution in [-0.4, -0.2) is 29.3 Å². The highest BCUT2D eigenvalue weighted by Crippen LogP contribution is 2.46. The molecule has 2 atom stereocenters. The second kappa shape index (κ2) is 12.5. The number of carbonyl (C=O) groups is 1. The second-order valence-electron chi connectivity index (χ2n) is 9.95. The number of hydrogen-bond acceptors (Lipinski definition) is 2. The Morgan fingerprint density at radius 2 is 1.43 bits per heavy atom. The number of ketones is 1. The summed E-state index contributed by atoms with van der Waals surface area (Å²) >= 11 is 0. The molecule has 35 heavy (non-hydrogen) atoms. The molecular weight excluding hydrogens is 426 g/mol. The van der Waals surface area contributed by atoms with Crippen molar-refractivity contribution in [1.82, 2.24) is 4.90 Å². The maximum atomic E-state index is 11.5. The maximum absolute atomic E-state index is 11.5. The van der Waals surface area contributed by atoms with Crippen molar-refractivity contribution in [3.8, 4) is 11.8 Å². The highest BCUT2D eigenvalue weighted by Gasteiger charge is 2.49. The number of aryl methyl sites for hydroxylation is 2. The van der Waals surface area contributed by atoms with Gasteiger partial charge in [-0.25, -0.2) is 0 Å². The summed E-state index contributed by atoms with van der Waals surface area (Å²) in [4.78, 5) is 14.1. The first-order chi connectivity index (χ1) is 16.8. The third-order valence-electron chi connectivity index (χ3n) is 7.01. The van der Waals surface area contributed by atoms with Crippen LogP contribution in [0.3, 0.4) is 0 Å². The zero-order valence-electron chi connectivity index (χ0n) is 22.0. The molecule has 0 spiro atoms. The standard InChI is InChI=1S/C25H29NO.C8H10/c1-4-18-26-19-24(25(26,3)17-16-20(2)27)23-14-12-22(13-15-23)11-10-21-8-6-5-7-9-21;1-7-3-5-8(2)6-4-7/h5-9,12-15,24H,4,16-19H2,1-3H3;3-6H,1-2H3/t24-,25+;/m1./s1. The minimum absolute atomic E-state index is 0.0823. The van der Waals surface area contributed by atoms with Gasteiger partial charge in [0.2, 0.25) is 0 Å². The van der Waals surface area contributed by atoms with Gasteiger partial charge in [-0.05, 0) is 76.9 Å². The van der Waals surface area contributed by atoms with Gasteiger partial charge in [0, 0.05) is 35.5 Å². The molecule has 1 aliphatic heterocycles. The lowest BCUT2D eigenvalue weighted by molar-refractivity contribution is -0.119. The first-order valence-corrected chi connectivity index (χ1v) is 12.8. The van der Waals surface area contributed by atoms with E-state index in [9.17, 15) is 4.79 Å². The zero-order chi connectivity index (χ0) is 25.3. The van der Waals surface area contributed by atoms with Crippen LogP contribution in [0, 0.1) is 25.7 Å². The van der Waals surface area contributed by atoms with Gasteiger partial charge in [-0.15, -0.1) is 0 Å². The van der Waals surface area contributed by atoms with E-state index >= 15 is 0 Å². The van der Waals surface area contributed by atoms with Crippen LogP contribution >= 0.6 is 0 Å². The summed E-state index contributed by atoms with van der Waals surface area (Å²) in [6.45, 7) is 12.6. The number of nitrogens with zero attached hydrogens (tertiary/aromatic N) is 1. The minimum atomic E-state index is 0.0823. The normalized spacial score (nSPS) is 18.9. The summed E-state index contributed by atoms with van der Waals surface area (Å²) in [6, 6.07) is 27.2. The van der Waals surface area contributed by atoms with Crippen LogP contribution in [-0.2, 0) is 4.79 Å². The number of rotatable bonds is 6. The van der Waals surface area contributed by atoms with E-state index < -0.39 is 0 Å². The third-order valence-corrected chi connectivity index (χ3v) is 7.01. The Kier molecular flexibility index (Phi) is 9.47. The molecule has 0 aromatic heterocycles. The number of benzene rings is 3. The fourth-order valence-corrected chi connectivity index (χ4v) is 4.68. The van der Waals surface area contributed by atoms with E-state index in [1.54, 1.807) is 6.92 Å². The first kappa shape index (κ1) is 26.5. The highest BCUT2D eigenvalue weighted by molar-refractivity contribution is 5.75. The molecule has 1 saturated heterocycles. The summed E-state index contributed by atoms with van der Waals surface area (Å²) in [5, 5.41) is 0. The van der Waals surface area contributed by atoms with Gasteiger partial charge in [0.05, 0.1) is 0 Å². The smallest absolute Gasteiger partial charge is 0.129 e. The van der Waals surface area contributed by atoms with Gasteiger partial charge >= 0.3 is 0 Å². The minimum Gasteiger partial charge on any atom is -0.300 e. The Morgan fingerprint density at radius 3 is 1.94 bits per heavy atom. The number of likely N-dealkylation sites (tertiary alicyclic amines) is 1. The number of Topliss-reactive ketones (excluding diaryl/α,β-unsaturated/α-hetero) is 1. The average Bonchev–Trinajstić information content (AvgIpc) is 2.87. The third kappa shape index (κ3) is 7.41. The van der Waals surface area contributed by atoms with Crippen molar-refractivity contribution < 1.29 is 4.79 Å². The van der Waals surface area contributed by atoms with Crippen molar-refractivity contribution >= 4 is 5.78 Å². The fourth-order valence-electron chi connectivity index (χ4n) is 4.68. The lowest BCUT2D eigenvalue weighted by Crippen LogP contribution is -2.64. The first-order valence-electron chi connectivity index (χ1n) is 12.8. The molecule has 3 aromatic rings. The number of carbonyl (C=O) groups excluding carboxylic acids is 1. The van der Waals surface area contributed by atoms with Gasteiger partial charge in [-0.1, -0.05) is 84.5 Å². The predicted molar refractivity (Wildman–Crippen MR) is 148 cm³/mol. The topological polar surface area (TPSA) is 20.3 Å². The molecule has 2 nitrogen and oxygen atoms in total. The van der Waals surface area contributed by atoms with E-state index in [-0.39, 0.29) is 11.3 Å². The van der Waals surface area contributed by atoms with Crippen molar-refractivity contribution in [2.45, 2.75) is 65.3 Å². The quantitative estimate of drug-likeness (QED) is 0.355. The van der Waals surface area contributed by atoms with Gasteiger partial charge in [-0.3, -0.25) is 4.90 Å². The lowest BCUT2D eigenvalue weighted by Gasteiger charge is -2.58. The van der Waals surface area contributed by atoms with Crippen LogP contribution in [0.1, 0.15) is 73.8 Å². The van der Waals surface area contributed by atoms with Crippen LogP contribution in [0.5, 0.6) is 0 Å². The second-order valence-corrected chi connectivity index (χ2v) is 9.95. The summed E-state index contributed by atoms with van der Waals surface area (Å²) < 4.78 is 0. The lowest BCUT2D eigenvalue weighted by atomic mass is 9.68. The summed E-state index contributed by atoms with van der Waals surface area (Å²) in [6.07, 6.45) is 2.74. The zero-order valence-corrected chi connectivity index (χ0v) is 22.0. The summed E-state index contributed by atoms with van der Waals surface area (Å²) in [5.41, 5.74) is 6.18. The molecule has 182 valence electrons. The molecule has 1 heterocycles. The summed E-state index contributed by atoms with van der Waals surface area (Å²) in [5.74, 6) is 7.23. The molecule has 0 unspecified atom stereocenters. The van der Waals surface area contributed by atoms with Crippen molar-refractivity contribution in [3.63, 3.8) is 0 Å². The fraction of sp³-hybridized carbons (Fsp3) is 0.364. The van der Waals surface area contributed by atoms with Gasteiger partial charge in [0.25, 0.3) is 0 Å². The molecule has 0 N–H and O–H groups in total. The van der Waals surface area contributed by atoms with E-state index in [0.29, 0.717) is 12.3 Å². The van der Waals surface area contributed by atoms with Crippen molar-refractivity contribution in [2.24, 2.45) is 0 Å². The van der Waals surface area contributed by atoms with E-state index in [1.165, 1.54) is 16.7 Å². The van der Waals surface area contributed by atoms with E-state index in [2.05, 4.69) is 93.0 Å². The van der Waals surface area contributed by atoms with E-state index in [1.807, 2.05) is 30.3 Å². The molecule has 1 aliphatic rings. The SMILES string of the molecule is CCCN1C[C@H](c2ccc(C#Cc3ccccc3)cc2)[C@]1(C)CCC(C)=O.Cc1ccc(C)cc1. The Labute approximate surface area is 212 Å². The van der Waals surface area contributed by atoms with Gasteiger partial charge in [0.1, 0.15) is 5.78 Å². The van der Waals surface area contributed by atoms with Gasteiger partial charge in [0.15, 0.2) is 0 Å². The molecular formula is C33H39NO. The van der Waals surface area contributed by atoms with Crippen LogP contribution in [0.2, 0.25) is 0 Å². The molecule has 0 saturated carbocycles. The van der Waals surface area contributed by atoms with Crippen LogP contribution in [0.4, 0.5) is 0 Å². The molecule has 4 rings (SSSR count). The Bertz CT molecular complexity index is 1110. The van der Waals surface area contributed by atoms with Crippen LogP contribution in [0.15, 0.2) is 78.9 Å². The van der Waals surface area contributed by atoms with Crippen LogP contribution < -0.4 is 0 Å². The molecule has 2 heteroatoms. The molecule has 0 aliphatic carbocycles. The maximum Gasteiger partial charge on any atom is 0.129 e. The monoisotopic (exact) mass is 465 g/mol. The molecule has 1 fully saturated rings. The highest BCUT2D eigenvalue weighted by atomic mass is 16.1. The molecule has 0 radical (unpaired) electrons. The van der Waals surface area contributed by atoms with E-state index in [4.69, 9.17) is 0 Å². The van der Waals surface area contributed by atoms with Crippen molar-refractivity contribution in [2.75, 3.05) is 13.1 Å². The molecule has 3 aromatic carbocycles. The molecule has 0 bridgehead atoms. The number of hydrogen-bond donors (Lipinski definition) is 0. The largest absolute Gasteiger partial charge is 0.300 e. The Morgan fingerprint density at radius 1 is 0.886 bits per heavy atom. The Hall–Kier alpha value is -3.15. The summed E-state index contributed by atoms with van der Waals surface area (Å²) in [7, 11) is 0. The molecule has 0 amide bonds. The van der Waals surface area contributed by atoms with Gasteiger partial charge in [-0.2, -0.15) is 0 Å². The van der Waals surface area contributed by atoms with E-state index in [0.717, 1.165) is 37.1 Å². The van der Waals surface area contributed by atoms with Crippen molar-refractivity contribution in [1.29, 1.82) is 0 Å². The predicted octanol–water partition coefficient (Wildman–Crippen LogP) is 7.33. The average molecular weight is 466 g/mol. The van der Waals surface area contributed by atoms with Gasteiger partial charge < -0.3 is 4.79 Å².